The van der Waals surface area contributed by atoms with Crippen molar-refractivity contribution in [2.45, 2.75) is 0 Å². The fraction of sp³-hybridized carbons (Fsp3) is 0. The highest BCUT2D eigenvalue weighted by molar-refractivity contribution is 8.07. The summed E-state index contributed by atoms with van der Waals surface area (Å²) < 4.78 is 0. The predicted octanol–water partition coefficient (Wildman–Crippen LogP) is -4.98. The molecule has 164 valence electrons. The molecule has 0 saturated heterocycles. The SMILES string of the molecule is OP(O)(O)=S.OP(O)(O)=S.OP(O)(O)=S.OP(O)(O)=S.OP(O)(O)=S.[MgH2]. The molecule has 0 rings (SSSR count). The van der Waals surface area contributed by atoms with Gasteiger partial charge in [0, 0.05) is 0 Å². The van der Waals surface area contributed by atoms with Crippen molar-refractivity contribution in [2.24, 2.45) is 0 Å². The molecule has 0 spiro atoms. The summed E-state index contributed by atoms with van der Waals surface area (Å²) in [5.74, 6) is 0. The Labute approximate surface area is 187 Å². The summed E-state index contributed by atoms with van der Waals surface area (Å²) in [4.78, 5) is 113. The van der Waals surface area contributed by atoms with Crippen molar-refractivity contribution < 1.29 is 73.4 Å². The van der Waals surface area contributed by atoms with E-state index >= 15 is 0 Å². The monoisotopic (exact) mass is 596 g/mol. The van der Waals surface area contributed by atoms with E-state index in [0.717, 1.165) is 0 Å². The Morgan fingerprint density at radius 1 is 0.269 bits per heavy atom. The van der Waals surface area contributed by atoms with Crippen molar-refractivity contribution in [3.63, 3.8) is 0 Å². The molecule has 0 amide bonds. The molecule has 15 N–H and O–H groups in total. The van der Waals surface area contributed by atoms with Crippen molar-refractivity contribution in [3.05, 3.63) is 0 Å². The van der Waals surface area contributed by atoms with Crippen LogP contribution in [0.3, 0.4) is 0 Å². The van der Waals surface area contributed by atoms with Gasteiger partial charge in [-0.2, -0.15) is 0 Å². The zero-order chi connectivity index (χ0) is 22.5. The lowest BCUT2D eigenvalue weighted by atomic mass is 15.8. The first-order valence-electron chi connectivity index (χ1n) is 3.91. The molecule has 0 bridgehead atoms. The van der Waals surface area contributed by atoms with Crippen LogP contribution in [0.25, 0.3) is 0 Å². The van der Waals surface area contributed by atoms with Crippen LogP contribution in [0.2, 0.25) is 0 Å². The van der Waals surface area contributed by atoms with Crippen molar-refractivity contribution in [1.82, 2.24) is 0 Å². The van der Waals surface area contributed by atoms with E-state index in [1.165, 1.54) is 0 Å². The van der Waals surface area contributed by atoms with Crippen molar-refractivity contribution in [2.75, 3.05) is 0 Å². The quantitative estimate of drug-likeness (QED) is 0.0919. The summed E-state index contributed by atoms with van der Waals surface area (Å²) in [7, 11) is 0. The lowest BCUT2D eigenvalue weighted by Gasteiger charge is -1.88. The normalized spacial score (nSPS) is 11.3. The summed E-state index contributed by atoms with van der Waals surface area (Å²) in [6.07, 6.45) is 0. The Bertz CT molecular complexity index is 387. The van der Waals surface area contributed by atoms with Crippen LogP contribution in [0.5, 0.6) is 0 Å². The molecule has 0 heterocycles. The Hall–Kier alpha value is 3.42. The van der Waals surface area contributed by atoms with Crippen molar-refractivity contribution >= 4 is 116 Å². The molecule has 0 aromatic carbocycles. The third-order valence-corrected chi connectivity index (χ3v) is 0. The molecule has 0 unspecified atom stereocenters. The van der Waals surface area contributed by atoms with E-state index in [1.54, 1.807) is 0 Å². The molecule has 0 atom stereocenters. The predicted molar refractivity (Wildman–Crippen MR) is 113 cm³/mol. The molecule has 0 aliphatic rings. The second-order valence-corrected chi connectivity index (χ2v) is 15.0. The van der Waals surface area contributed by atoms with E-state index in [4.69, 9.17) is 73.4 Å². The van der Waals surface area contributed by atoms with Gasteiger partial charge in [-0.3, -0.25) is 0 Å². The van der Waals surface area contributed by atoms with Crippen LogP contribution >= 0.6 is 33.6 Å². The van der Waals surface area contributed by atoms with Gasteiger partial charge in [0.15, 0.2) is 0 Å². The van der Waals surface area contributed by atoms with Crippen molar-refractivity contribution in [1.29, 1.82) is 0 Å². The molecule has 0 saturated carbocycles. The molecule has 0 radical (unpaired) electrons. The van der Waals surface area contributed by atoms with E-state index < -0.39 is 33.6 Å². The number of hydrogen-bond donors (Lipinski definition) is 15. The van der Waals surface area contributed by atoms with E-state index in [1.807, 2.05) is 0 Å². The second kappa shape index (κ2) is 19.1. The van der Waals surface area contributed by atoms with Crippen LogP contribution in [0, 0.1) is 0 Å². The van der Waals surface area contributed by atoms with Crippen LogP contribution in [-0.4, -0.2) is 96.5 Å². The van der Waals surface area contributed by atoms with Gasteiger partial charge in [0.1, 0.15) is 0 Å². The highest BCUT2D eigenvalue weighted by Gasteiger charge is 1.94. The lowest BCUT2D eigenvalue weighted by molar-refractivity contribution is 0.361. The lowest BCUT2D eigenvalue weighted by Crippen LogP contribution is -1.65. The summed E-state index contributed by atoms with van der Waals surface area (Å²) in [6.45, 7) is -19.0. The van der Waals surface area contributed by atoms with Crippen LogP contribution in [0.15, 0.2) is 0 Å². The van der Waals surface area contributed by atoms with Crippen LogP contribution in [-0.2, 0) is 59.0 Å². The first kappa shape index (κ1) is 43.3. The zero-order valence-electron chi connectivity index (χ0n) is 11.0. The van der Waals surface area contributed by atoms with E-state index in [2.05, 4.69) is 59.0 Å². The highest BCUT2D eigenvalue weighted by Crippen LogP contribution is 2.28. The topological polar surface area (TPSA) is 303 Å². The minimum Gasteiger partial charge on any atom is -0.325 e. The maximum atomic E-state index is 7.56. The fourth-order valence-corrected chi connectivity index (χ4v) is 0. The maximum absolute atomic E-state index is 7.56. The second-order valence-electron chi connectivity index (χ2n) is 2.57. The molecular formula is H17MgO15P5S5. The Balaban J connectivity index is -0.0000000476. The molecule has 26 heavy (non-hydrogen) atoms. The molecule has 15 nitrogen and oxygen atoms in total. The summed E-state index contributed by atoms with van der Waals surface area (Å²) in [5.41, 5.74) is 0. The fourth-order valence-electron chi connectivity index (χ4n) is 0. The number of hydrogen-bond acceptors (Lipinski definition) is 5. The average Bonchev–Trinajstić information content (AvgIpc) is 1.79. The third-order valence-electron chi connectivity index (χ3n) is 0. The van der Waals surface area contributed by atoms with Crippen LogP contribution < -0.4 is 0 Å². The summed E-state index contributed by atoms with van der Waals surface area (Å²) in [6, 6.07) is 0. The largest absolute Gasteiger partial charge is 0.325 e. The van der Waals surface area contributed by atoms with Crippen LogP contribution in [0.1, 0.15) is 0 Å². The summed E-state index contributed by atoms with van der Waals surface area (Å²) in [5, 5.41) is 0. The Morgan fingerprint density at radius 3 is 0.269 bits per heavy atom. The van der Waals surface area contributed by atoms with Crippen LogP contribution in [0.4, 0.5) is 0 Å². The molecule has 0 aliphatic carbocycles. The average molecular weight is 597 g/mol. The van der Waals surface area contributed by atoms with Gasteiger partial charge in [-0.15, -0.1) is 0 Å². The van der Waals surface area contributed by atoms with Crippen molar-refractivity contribution in [3.8, 4) is 0 Å². The zero-order valence-corrected chi connectivity index (χ0v) is 19.5. The van der Waals surface area contributed by atoms with Gasteiger partial charge in [0.2, 0.25) is 0 Å². The molecule has 0 aromatic heterocycles. The van der Waals surface area contributed by atoms with E-state index in [9.17, 15) is 0 Å². The Morgan fingerprint density at radius 2 is 0.269 bits per heavy atom. The van der Waals surface area contributed by atoms with Gasteiger partial charge in [-0.1, -0.05) is 0 Å². The van der Waals surface area contributed by atoms with Gasteiger partial charge in [0.25, 0.3) is 0 Å². The Kier molecular flexibility index (Phi) is 31.9. The molecule has 0 fully saturated rings. The smallest absolute Gasteiger partial charge is 0.319 e. The van der Waals surface area contributed by atoms with Gasteiger partial charge in [-0.05, 0) is 59.0 Å². The maximum Gasteiger partial charge on any atom is 0.319 e. The highest BCUT2D eigenvalue weighted by atomic mass is 32.5. The van der Waals surface area contributed by atoms with Gasteiger partial charge in [0.05, 0.1) is 0 Å². The molecule has 0 aliphatic heterocycles. The molecular weight excluding hydrogens is 579 g/mol. The van der Waals surface area contributed by atoms with E-state index in [0.29, 0.717) is 0 Å². The van der Waals surface area contributed by atoms with E-state index in [-0.39, 0.29) is 23.1 Å². The van der Waals surface area contributed by atoms with Gasteiger partial charge >= 0.3 is 56.6 Å². The third kappa shape index (κ3) is 1640. The first-order chi connectivity index (χ1) is 10.0. The minimum absolute atomic E-state index is 0. The van der Waals surface area contributed by atoms with Gasteiger partial charge < -0.3 is 73.4 Å². The first-order valence-corrected chi connectivity index (χ1v) is 17.2. The number of rotatable bonds is 0. The molecule has 0 aromatic rings. The summed E-state index contributed by atoms with van der Waals surface area (Å²) >= 11 is 18.0. The molecule has 26 heteroatoms. The standard InChI is InChI=1S/Mg.5H3O3PS.2H/c;5*1-4(2,3)5;;/h;5*(H3,1,2,3,5);;. The van der Waals surface area contributed by atoms with Gasteiger partial charge in [-0.25, -0.2) is 0 Å². The minimum atomic E-state index is -3.81.